The maximum atomic E-state index is 12.2. The van der Waals surface area contributed by atoms with E-state index in [9.17, 15) is 9.59 Å². The summed E-state index contributed by atoms with van der Waals surface area (Å²) in [5.41, 5.74) is 3.47. The van der Waals surface area contributed by atoms with Gasteiger partial charge in [-0.25, -0.2) is 4.79 Å². The molecule has 216 valence electrons. The predicted octanol–water partition coefficient (Wildman–Crippen LogP) is 8.29. The van der Waals surface area contributed by atoms with Crippen LogP contribution in [0.1, 0.15) is 58.5 Å². The molecule has 0 saturated heterocycles. The number of esters is 1. The summed E-state index contributed by atoms with van der Waals surface area (Å²) in [6.45, 7) is 9.17. The van der Waals surface area contributed by atoms with E-state index in [0.29, 0.717) is 35.8 Å². The Balaban J connectivity index is 0.000000450. The molecule has 0 spiro atoms. The van der Waals surface area contributed by atoms with Gasteiger partial charge in [0.05, 0.1) is 25.9 Å². The fourth-order valence-electron chi connectivity index (χ4n) is 3.36. The molecule has 4 aromatic rings. The standard InChI is InChI=1S/C25H24O5.C8H10O.C2H6/c1-19-4-10-24(11-5-19)30-25(27)21-8-14-23(15-9-21)29-17-3-2-16-28-22-12-6-20(18-26)7-13-22;1-7-3-5-8(9-2)6-4-7;1-2/h4-15,18H,2-3,16-17H2,1H3;3-6H,1-2H3;1-2H3. The summed E-state index contributed by atoms with van der Waals surface area (Å²) >= 11 is 0. The van der Waals surface area contributed by atoms with Crippen molar-refractivity contribution in [2.24, 2.45) is 0 Å². The summed E-state index contributed by atoms with van der Waals surface area (Å²) in [7, 11) is 1.67. The number of aryl methyl sites for hydroxylation is 2. The van der Waals surface area contributed by atoms with E-state index in [-0.39, 0.29) is 0 Å². The number of benzene rings is 4. The van der Waals surface area contributed by atoms with Crippen molar-refractivity contribution in [2.45, 2.75) is 40.5 Å². The summed E-state index contributed by atoms with van der Waals surface area (Å²) in [6.07, 6.45) is 2.49. The Morgan fingerprint density at radius 3 is 1.46 bits per heavy atom. The van der Waals surface area contributed by atoms with Crippen LogP contribution in [0, 0.1) is 13.8 Å². The average molecular weight is 557 g/mol. The van der Waals surface area contributed by atoms with Gasteiger partial charge in [-0.15, -0.1) is 0 Å². The van der Waals surface area contributed by atoms with E-state index in [1.807, 2.05) is 57.2 Å². The fraction of sp³-hybridized carbons (Fsp3) is 0.257. The Labute approximate surface area is 243 Å². The molecule has 0 aromatic heterocycles. The first-order valence-corrected chi connectivity index (χ1v) is 13.8. The van der Waals surface area contributed by atoms with Gasteiger partial charge in [0.15, 0.2) is 0 Å². The molecular formula is C35H40O6. The molecule has 4 rings (SSSR count). The van der Waals surface area contributed by atoms with E-state index in [1.165, 1.54) is 5.56 Å². The van der Waals surface area contributed by atoms with E-state index in [2.05, 4.69) is 6.92 Å². The molecule has 0 atom stereocenters. The van der Waals surface area contributed by atoms with Gasteiger partial charge in [-0.1, -0.05) is 49.2 Å². The molecule has 0 saturated carbocycles. The zero-order valence-corrected chi connectivity index (χ0v) is 24.6. The molecule has 4 aromatic carbocycles. The highest BCUT2D eigenvalue weighted by Gasteiger charge is 2.08. The number of methoxy groups -OCH3 is 1. The summed E-state index contributed by atoms with van der Waals surface area (Å²) in [6, 6.07) is 29.2. The topological polar surface area (TPSA) is 71.1 Å². The molecule has 0 bridgehead atoms. The van der Waals surface area contributed by atoms with E-state index < -0.39 is 5.97 Å². The maximum absolute atomic E-state index is 12.2. The Kier molecular flexibility index (Phi) is 14.9. The number of unbranched alkanes of at least 4 members (excludes halogenated alkanes) is 1. The summed E-state index contributed by atoms with van der Waals surface area (Å²) in [5.74, 6) is 2.49. The quantitative estimate of drug-likeness (QED) is 0.0801. The lowest BCUT2D eigenvalue weighted by atomic mass is 10.2. The minimum absolute atomic E-state index is 0.399. The Hall–Kier alpha value is -4.58. The first kappa shape index (κ1) is 32.6. The molecule has 6 nitrogen and oxygen atoms in total. The third-order valence-electron chi connectivity index (χ3n) is 5.67. The second-order valence-electron chi connectivity index (χ2n) is 8.84. The SMILES string of the molecule is CC.COc1ccc(C)cc1.Cc1ccc(OC(=O)c2ccc(OCCCCOc3ccc(C=O)cc3)cc2)cc1. The smallest absolute Gasteiger partial charge is 0.343 e. The first-order chi connectivity index (χ1) is 20.0. The first-order valence-electron chi connectivity index (χ1n) is 13.8. The van der Waals surface area contributed by atoms with Gasteiger partial charge in [0.1, 0.15) is 29.3 Å². The molecule has 0 aliphatic rings. The highest BCUT2D eigenvalue weighted by molar-refractivity contribution is 5.91. The summed E-state index contributed by atoms with van der Waals surface area (Å²) < 4.78 is 21.7. The number of hydrogen-bond donors (Lipinski definition) is 0. The summed E-state index contributed by atoms with van der Waals surface area (Å²) in [5, 5.41) is 0. The number of carbonyl (C=O) groups excluding carboxylic acids is 2. The zero-order valence-electron chi connectivity index (χ0n) is 24.6. The van der Waals surface area contributed by atoms with Crippen LogP contribution >= 0.6 is 0 Å². The third kappa shape index (κ3) is 12.4. The van der Waals surface area contributed by atoms with Crippen molar-refractivity contribution in [3.05, 3.63) is 119 Å². The van der Waals surface area contributed by atoms with Gasteiger partial charge in [-0.05, 0) is 99.5 Å². The van der Waals surface area contributed by atoms with Crippen molar-refractivity contribution < 1.29 is 28.5 Å². The zero-order chi connectivity index (χ0) is 29.9. The van der Waals surface area contributed by atoms with Crippen molar-refractivity contribution in [2.75, 3.05) is 20.3 Å². The molecule has 0 aliphatic carbocycles. The number of ether oxygens (including phenoxy) is 4. The van der Waals surface area contributed by atoms with Crippen LogP contribution in [0.4, 0.5) is 0 Å². The van der Waals surface area contributed by atoms with Gasteiger partial charge in [0.25, 0.3) is 0 Å². The molecule has 41 heavy (non-hydrogen) atoms. The maximum Gasteiger partial charge on any atom is 0.343 e. The predicted molar refractivity (Wildman–Crippen MR) is 164 cm³/mol. The van der Waals surface area contributed by atoms with Gasteiger partial charge < -0.3 is 18.9 Å². The lowest BCUT2D eigenvalue weighted by molar-refractivity contribution is 0.0734. The Bertz CT molecular complexity index is 1280. The molecular weight excluding hydrogens is 516 g/mol. The van der Waals surface area contributed by atoms with Crippen LogP contribution in [0.15, 0.2) is 97.1 Å². The molecule has 0 heterocycles. The Morgan fingerprint density at radius 2 is 1.02 bits per heavy atom. The number of aldehydes is 1. The molecule has 0 radical (unpaired) electrons. The lowest BCUT2D eigenvalue weighted by Crippen LogP contribution is -2.08. The second kappa shape index (κ2) is 18.7. The van der Waals surface area contributed by atoms with Crippen LogP contribution in [0.3, 0.4) is 0 Å². The monoisotopic (exact) mass is 556 g/mol. The Morgan fingerprint density at radius 1 is 0.610 bits per heavy atom. The third-order valence-corrected chi connectivity index (χ3v) is 5.67. The molecule has 0 unspecified atom stereocenters. The minimum atomic E-state index is -0.399. The highest BCUT2D eigenvalue weighted by Crippen LogP contribution is 2.17. The number of carbonyl (C=O) groups is 2. The van der Waals surface area contributed by atoms with Crippen molar-refractivity contribution in [3.63, 3.8) is 0 Å². The van der Waals surface area contributed by atoms with E-state index in [0.717, 1.165) is 36.2 Å². The van der Waals surface area contributed by atoms with Crippen LogP contribution < -0.4 is 18.9 Å². The average Bonchev–Trinajstić information content (AvgIpc) is 3.02. The molecule has 0 amide bonds. The molecule has 6 heteroatoms. The van der Waals surface area contributed by atoms with Gasteiger partial charge in [0.2, 0.25) is 0 Å². The van der Waals surface area contributed by atoms with Crippen molar-refractivity contribution in [3.8, 4) is 23.0 Å². The van der Waals surface area contributed by atoms with Crippen LogP contribution in [-0.4, -0.2) is 32.6 Å². The molecule has 0 N–H and O–H groups in total. The van der Waals surface area contributed by atoms with E-state index >= 15 is 0 Å². The van der Waals surface area contributed by atoms with Gasteiger partial charge in [0, 0.05) is 5.56 Å². The van der Waals surface area contributed by atoms with Gasteiger partial charge in [-0.3, -0.25) is 4.79 Å². The van der Waals surface area contributed by atoms with Crippen LogP contribution in [0.25, 0.3) is 0 Å². The van der Waals surface area contributed by atoms with Gasteiger partial charge >= 0.3 is 5.97 Å². The molecule has 0 fully saturated rings. The normalized spacial score (nSPS) is 9.68. The van der Waals surface area contributed by atoms with Crippen molar-refractivity contribution in [1.82, 2.24) is 0 Å². The van der Waals surface area contributed by atoms with Crippen molar-refractivity contribution >= 4 is 12.3 Å². The van der Waals surface area contributed by atoms with Crippen LogP contribution in [-0.2, 0) is 0 Å². The second-order valence-corrected chi connectivity index (χ2v) is 8.84. The largest absolute Gasteiger partial charge is 0.497 e. The fourth-order valence-corrected chi connectivity index (χ4v) is 3.36. The highest BCUT2D eigenvalue weighted by atomic mass is 16.5. The number of hydrogen-bond acceptors (Lipinski definition) is 6. The van der Waals surface area contributed by atoms with E-state index in [1.54, 1.807) is 67.8 Å². The lowest BCUT2D eigenvalue weighted by Gasteiger charge is -2.09. The van der Waals surface area contributed by atoms with E-state index in [4.69, 9.17) is 18.9 Å². The molecule has 0 aliphatic heterocycles. The van der Waals surface area contributed by atoms with Crippen LogP contribution in [0.5, 0.6) is 23.0 Å². The van der Waals surface area contributed by atoms with Crippen molar-refractivity contribution in [1.29, 1.82) is 0 Å². The van der Waals surface area contributed by atoms with Gasteiger partial charge in [-0.2, -0.15) is 0 Å². The summed E-state index contributed by atoms with van der Waals surface area (Å²) in [4.78, 5) is 22.8. The minimum Gasteiger partial charge on any atom is -0.497 e. The van der Waals surface area contributed by atoms with Crippen LogP contribution in [0.2, 0.25) is 0 Å². The number of rotatable bonds is 11.